The number of hydrogen-bond acceptors (Lipinski definition) is 1. The molecule has 0 aliphatic heterocycles. The van der Waals surface area contributed by atoms with Gasteiger partial charge in [0.1, 0.15) is 0 Å². The minimum atomic E-state index is 0.477. The Labute approximate surface area is 62.0 Å². The molecule has 0 fully saturated rings. The lowest BCUT2D eigenvalue weighted by molar-refractivity contribution is 0.638. The Morgan fingerprint density at radius 3 is 2.56 bits per heavy atom. The van der Waals surface area contributed by atoms with Crippen LogP contribution in [-0.2, 0) is 0 Å². The standard InChI is InChI=1S/C6H14N2S/c1-4-5(2)8-6(9)7-3/h5H,4H2,1-3H3,(H2,7,8,9). The zero-order valence-electron chi connectivity index (χ0n) is 6.19. The Morgan fingerprint density at radius 1 is 1.67 bits per heavy atom. The van der Waals surface area contributed by atoms with Gasteiger partial charge < -0.3 is 10.6 Å². The molecule has 0 spiro atoms. The molecule has 0 aromatic heterocycles. The van der Waals surface area contributed by atoms with Crippen molar-refractivity contribution >= 4 is 17.3 Å². The molecule has 0 rings (SSSR count). The van der Waals surface area contributed by atoms with E-state index in [1.165, 1.54) is 0 Å². The van der Waals surface area contributed by atoms with Crippen molar-refractivity contribution in [2.45, 2.75) is 26.3 Å². The fourth-order valence-electron chi connectivity index (χ4n) is 0.398. The summed E-state index contributed by atoms with van der Waals surface area (Å²) in [5.41, 5.74) is 0. The number of rotatable bonds is 2. The first-order valence-corrected chi connectivity index (χ1v) is 3.59. The molecule has 9 heavy (non-hydrogen) atoms. The molecule has 1 atom stereocenters. The highest BCUT2D eigenvalue weighted by Crippen LogP contribution is 1.85. The normalized spacial score (nSPS) is 12.3. The van der Waals surface area contributed by atoms with E-state index in [0.717, 1.165) is 11.5 Å². The molecule has 0 radical (unpaired) electrons. The van der Waals surface area contributed by atoms with Gasteiger partial charge in [0.2, 0.25) is 0 Å². The molecule has 0 bridgehead atoms. The quantitative estimate of drug-likeness (QED) is 0.565. The van der Waals surface area contributed by atoms with E-state index in [4.69, 9.17) is 12.2 Å². The molecule has 0 heterocycles. The largest absolute Gasteiger partial charge is 0.366 e. The SMILES string of the molecule is CCC(C)NC(=S)NC. The van der Waals surface area contributed by atoms with Gasteiger partial charge in [-0.05, 0) is 25.6 Å². The molecule has 1 unspecified atom stereocenters. The monoisotopic (exact) mass is 146 g/mol. The molecule has 0 saturated heterocycles. The molecule has 2 N–H and O–H groups in total. The number of hydrogen-bond donors (Lipinski definition) is 2. The van der Waals surface area contributed by atoms with Crippen molar-refractivity contribution in [2.24, 2.45) is 0 Å². The molecule has 54 valence electrons. The van der Waals surface area contributed by atoms with Crippen molar-refractivity contribution in [2.75, 3.05) is 7.05 Å². The fourth-order valence-corrected chi connectivity index (χ4v) is 0.599. The van der Waals surface area contributed by atoms with E-state index in [9.17, 15) is 0 Å². The fraction of sp³-hybridized carbons (Fsp3) is 0.833. The van der Waals surface area contributed by atoms with Gasteiger partial charge in [-0.3, -0.25) is 0 Å². The van der Waals surface area contributed by atoms with Crippen LogP contribution >= 0.6 is 12.2 Å². The third-order valence-corrected chi connectivity index (χ3v) is 1.54. The van der Waals surface area contributed by atoms with Gasteiger partial charge >= 0.3 is 0 Å². The van der Waals surface area contributed by atoms with Gasteiger partial charge in [-0.15, -0.1) is 0 Å². The highest BCUT2D eigenvalue weighted by molar-refractivity contribution is 7.80. The van der Waals surface area contributed by atoms with E-state index in [2.05, 4.69) is 24.5 Å². The van der Waals surface area contributed by atoms with Gasteiger partial charge in [-0.2, -0.15) is 0 Å². The first kappa shape index (κ1) is 8.69. The van der Waals surface area contributed by atoms with Crippen LogP contribution in [0.1, 0.15) is 20.3 Å². The predicted molar refractivity (Wildman–Crippen MR) is 44.5 cm³/mol. The van der Waals surface area contributed by atoms with Crippen LogP contribution in [0.3, 0.4) is 0 Å². The third-order valence-electron chi connectivity index (χ3n) is 1.22. The maximum Gasteiger partial charge on any atom is 0.166 e. The van der Waals surface area contributed by atoms with Crippen molar-refractivity contribution < 1.29 is 0 Å². The van der Waals surface area contributed by atoms with E-state index in [1.54, 1.807) is 0 Å². The molecule has 0 amide bonds. The van der Waals surface area contributed by atoms with Crippen molar-refractivity contribution in [3.05, 3.63) is 0 Å². The minimum Gasteiger partial charge on any atom is -0.366 e. The van der Waals surface area contributed by atoms with Crippen LogP contribution in [0.4, 0.5) is 0 Å². The van der Waals surface area contributed by atoms with Gasteiger partial charge in [0.25, 0.3) is 0 Å². The van der Waals surface area contributed by atoms with Gasteiger partial charge in [0.05, 0.1) is 0 Å². The van der Waals surface area contributed by atoms with E-state index in [1.807, 2.05) is 7.05 Å². The van der Waals surface area contributed by atoms with Crippen molar-refractivity contribution in [3.63, 3.8) is 0 Å². The maximum atomic E-state index is 4.88. The predicted octanol–water partition coefficient (Wildman–Crippen LogP) is 0.879. The third kappa shape index (κ3) is 4.21. The highest BCUT2D eigenvalue weighted by atomic mass is 32.1. The first-order valence-electron chi connectivity index (χ1n) is 3.19. The van der Waals surface area contributed by atoms with E-state index < -0.39 is 0 Å². The van der Waals surface area contributed by atoms with Gasteiger partial charge in [0, 0.05) is 13.1 Å². The molecule has 2 nitrogen and oxygen atoms in total. The second kappa shape index (κ2) is 4.56. The minimum absolute atomic E-state index is 0.477. The Morgan fingerprint density at radius 2 is 2.22 bits per heavy atom. The van der Waals surface area contributed by atoms with E-state index in [-0.39, 0.29) is 0 Å². The molecular formula is C6H14N2S. The molecule has 0 aliphatic rings. The van der Waals surface area contributed by atoms with Crippen LogP contribution in [-0.4, -0.2) is 18.2 Å². The number of nitrogens with one attached hydrogen (secondary N) is 2. The molecule has 0 saturated carbocycles. The van der Waals surface area contributed by atoms with Crippen LogP contribution in [0.5, 0.6) is 0 Å². The van der Waals surface area contributed by atoms with E-state index >= 15 is 0 Å². The summed E-state index contributed by atoms with van der Waals surface area (Å²) in [6.07, 6.45) is 1.10. The smallest absolute Gasteiger partial charge is 0.166 e. The highest BCUT2D eigenvalue weighted by Gasteiger charge is 1.96. The summed E-state index contributed by atoms with van der Waals surface area (Å²) in [6.45, 7) is 4.22. The molecule has 0 aromatic carbocycles. The lowest BCUT2D eigenvalue weighted by atomic mass is 10.3. The van der Waals surface area contributed by atoms with Crippen LogP contribution in [0, 0.1) is 0 Å². The summed E-state index contributed by atoms with van der Waals surface area (Å²) in [5.74, 6) is 0. The van der Waals surface area contributed by atoms with Crippen LogP contribution in [0.2, 0.25) is 0 Å². The lowest BCUT2D eigenvalue weighted by Crippen LogP contribution is -2.38. The molecule has 0 aromatic rings. The Balaban J connectivity index is 3.34. The summed E-state index contributed by atoms with van der Waals surface area (Å²) in [4.78, 5) is 0. The summed E-state index contributed by atoms with van der Waals surface area (Å²) in [6, 6.07) is 0.477. The van der Waals surface area contributed by atoms with Crippen LogP contribution in [0.15, 0.2) is 0 Å². The summed E-state index contributed by atoms with van der Waals surface area (Å²) >= 11 is 4.88. The average Bonchev–Trinajstić information content (AvgIpc) is 1.87. The van der Waals surface area contributed by atoms with Crippen LogP contribution < -0.4 is 10.6 Å². The zero-order valence-corrected chi connectivity index (χ0v) is 7.01. The first-order chi connectivity index (χ1) is 4.20. The van der Waals surface area contributed by atoms with Crippen LogP contribution in [0.25, 0.3) is 0 Å². The van der Waals surface area contributed by atoms with Crippen molar-refractivity contribution in [1.29, 1.82) is 0 Å². The number of thiocarbonyl (C=S) groups is 1. The molecule has 0 aliphatic carbocycles. The van der Waals surface area contributed by atoms with Gasteiger partial charge in [-0.1, -0.05) is 6.92 Å². The molecule has 3 heteroatoms. The Hall–Kier alpha value is -0.310. The zero-order chi connectivity index (χ0) is 7.28. The summed E-state index contributed by atoms with van der Waals surface area (Å²) in [7, 11) is 1.82. The summed E-state index contributed by atoms with van der Waals surface area (Å²) in [5, 5.41) is 6.68. The lowest BCUT2D eigenvalue weighted by Gasteiger charge is -2.12. The second-order valence-corrected chi connectivity index (χ2v) is 2.44. The Bertz CT molecular complexity index is 93.1. The van der Waals surface area contributed by atoms with E-state index in [0.29, 0.717) is 6.04 Å². The van der Waals surface area contributed by atoms with Gasteiger partial charge in [0.15, 0.2) is 5.11 Å². The second-order valence-electron chi connectivity index (χ2n) is 2.03. The van der Waals surface area contributed by atoms with Crippen molar-refractivity contribution in [3.8, 4) is 0 Å². The van der Waals surface area contributed by atoms with Crippen molar-refractivity contribution in [1.82, 2.24) is 10.6 Å². The average molecular weight is 146 g/mol. The van der Waals surface area contributed by atoms with Gasteiger partial charge in [-0.25, -0.2) is 0 Å². The molecular weight excluding hydrogens is 132 g/mol. The maximum absolute atomic E-state index is 4.88. The topological polar surface area (TPSA) is 24.1 Å². The summed E-state index contributed by atoms with van der Waals surface area (Å²) < 4.78 is 0. The Kier molecular flexibility index (Phi) is 4.40.